The lowest BCUT2D eigenvalue weighted by Gasteiger charge is -2.30. The molecule has 98 valence electrons. The predicted octanol–water partition coefficient (Wildman–Crippen LogP) is 2.98. The van der Waals surface area contributed by atoms with Crippen molar-refractivity contribution in [2.24, 2.45) is 0 Å². The van der Waals surface area contributed by atoms with Gasteiger partial charge in [-0.05, 0) is 31.4 Å². The van der Waals surface area contributed by atoms with Crippen LogP contribution in [0, 0.1) is 5.41 Å². The van der Waals surface area contributed by atoms with Crippen molar-refractivity contribution in [3.8, 4) is 0 Å². The highest BCUT2D eigenvalue weighted by Crippen LogP contribution is 2.13. The number of rotatable bonds is 5. The number of para-hydroxylation sites is 1. The van der Waals surface area contributed by atoms with E-state index in [-0.39, 0.29) is 0 Å². The van der Waals surface area contributed by atoms with E-state index in [0.29, 0.717) is 0 Å². The Kier molecular flexibility index (Phi) is 4.62. The summed E-state index contributed by atoms with van der Waals surface area (Å²) >= 11 is 0. The van der Waals surface area contributed by atoms with E-state index >= 15 is 0 Å². The molecule has 18 heavy (non-hydrogen) atoms. The number of hydrogen-bond donors (Lipinski definition) is 1. The van der Waals surface area contributed by atoms with Gasteiger partial charge in [0.2, 0.25) is 0 Å². The topological polar surface area (TPSA) is 30.3 Å². The van der Waals surface area contributed by atoms with Gasteiger partial charge in [0.1, 0.15) is 0 Å². The molecule has 0 bridgehead atoms. The van der Waals surface area contributed by atoms with Gasteiger partial charge in [-0.3, -0.25) is 5.41 Å². The Balaban J connectivity index is 1.73. The Hall–Kier alpha value is -1.51. The van der Waals surface area contributed by atoms with E-state index in [4.69, 9.17) is 5.41 Å². The molecule has 1 saturated heterocycles. The van der Waals surface area contributed by atoms with Gasteiger partial charge >= 0.3 is 0 Å². The number of piperidine rings is 1. The van der Waals surface area contributed by atoms with Crippen molar-refractivity contribution in [1.82, 2.24) is 4.90 Å². The van der Waals surface area contributed by atoms with Crippen molar-refractivity contribution in [2.45, 2.75) is 25.7 Å². The van der Waals surface area contributed by atoms with E-state index in [2.05, 4.69) is 41.1 Å². The first-order valence-electron chi connectivity index (χ1n) is 6.86. The third-order valence-electron chi connectivity index (χ3n) is 3.59. The molecule has 0 spiro atoms. The standard InChI is InChI=1S/C15H23N3/c1-17(14-8-3-2-4-9-14)11-7-13-18-12-6-5-10-15(18)16/h2-4,8-9,16H,5-7,10-13H2,1H3. The van der Waals surface area contributed by atoms with E-state index in [9.17, 15) is 0 Å². The van der Waals surface area contributed by atoms with E-state index < -0.39 is 0 Å². The maximum atomic E-state index is 7.91. The van der Waals surface area contributed by atoms with Crippen molar-refractivity contribution in [2.75, 3.05) is 31.6 Å². The number of hydrogen-bond acceptors (Lipinski definition) is 2. The third kappa shape index (κ3) is 3.49. The molecule has 1 heterocycles. The average Bonchev–Trinajstić information content (AvgIpc) is 2.42. The van der Waals surface area contributed by atoms with Crippen LogP contribution in [0.5, 0.6) is 0 Å². The van der Waals surface area contributed by atoms with Crippen LogP contribution in [0.2, 0.25) is 0 Å². The van der Waals surface area contributed by atoms with Crippen molar-refractivity contribution in [1.29, 1.82) is 5.41 Å². The molecule has 0 radical (unpaired) electrons. The number of amidine groups is 1. The van der Waals surface area contributed by atoms with Crippen LogP contribution in [0.3, 0.4) is 0 Å². The van der Waals surface area contributed by atoms with Crippen LogP contribution in [0.25, 0.3) is 0 Å². The SMILES string of the molecule is CN(CCCN1CCCCC1=N)c1ccccc1. The Morgan fingerprint density at radius 1 is 1.22 bits per heavy atom. The number of nitrogens with zero attached hydrogens (tertiary/aromatic N) is 2. The summed E-state index contributed by atoms with van der Waals surface area (Å²) in [4.78, 5) is 4.52. The maximum Gasteiger partial charge on any atom is 0.0957 e. The molecule has 3 heteroatoms. The van der Waals surface area contributed by atoms with Gasteiger partial charge < -0.3 is 9.80 Å². The van der Waals surface area contributed by atoms with Gasteiger partial charge in [0.05, 0.1) is 5.84 Å². The quantitative estimate of drug-likeness (QED) is 0.864. The minimum Gasteiger partial charge on any atom is -0.375 e. The van der Waals surface area contributed by atoms with Gasteiger partial charge in [-0.1, -0.05) is 18.2 Å². The van der Waals surface area contributed by atoms with Crippen LogP contribution in [0.15, 0.2) is 30.3 Å². The highest BCUT2D eigenvalue weighted by Gasteiger charge is 2.14. The lowest BCUT2D eigenvalue weighted by atomic mass is 10.1. The summed E-state index contributed by atoms with van der Waals surface area (Å²) < 4.78 is 0. The summed E-state index contributed by atoms with van der Waals surface area (Å²) in [6.45, 7) is 3.15. The Labute approximate surface area is 110 Å². The zero-order valence-corrected chi connectivity index (χ0v) is 11.2. The van der Waals surface area contributed by atoms with Gasteiger partial charge in [0, 0.05) is 38.8 Å². The first-order chi connectivity index (χ1) is 8.77. The maximum absolute atomic E-state index is 7.91. The first-order valence-corrected chi connectivity index (χ1v) is 6.86. The van der Waals surface area contributed by atoms with Crippen molar-refractivity contribution < 1.29 is 0 Å². The fourth-order valence-electron chi connectivity index (χ4n) is 2.45. The summed E-state index contributed by atoms with van der Waals surface area (Å²) in [6.07, 6.45) is 4.53. The van der Waals surface area contributed by atoms with Gasteiger partial charge in [-0.15, -0.1) is 0 Å². The van der Waals surface area contributed by atoms with Crippen molar-refractivity contribution in [3.63, 3.8) is 0 Å². The third-order valence-corrected chi connectivity index (χ3v) is 3.59. The predicted molar refractivity (Wildman–Crippen MR) is 77.5 cm³/mol. The van der Waals surface area contributed by atoms with Crippen molar-refractivity contribution in [3.05, 3.63) is 30.3 Å². The van der Waals surface area contributed by atoms with E-state index in [1.54, 1.807) is 0 Å². The second-order valence-corrected chi connectivity index (χ2v) is 5.00. The molecule has 0 aliphatic carbocycles. The normalized spacial score (nSPS) is 15.8. The summed E-state index contributed by atoms with van der Waals surface area (Å²) in [5, 5.41) is 7.91. The molecule has 3 nitrogen and oxygen atoms in total. The Morgan fingerprint density at radius 2 is 2.00 bits per heavy atom. The number of benzene rings is 1. The molecule has 0 aromatic heterocycles. The molecule has 1 aliphatic rings. The smallest absolute Gasteiger partial charge is 0.0957 e. The second kappa shape index (κ2) is 6.43. The molecule has 1 N–H and O–H groups in total. The molecular weight excluding hydrogens is 222 g/mol. The fourth-order valence-corrected chi connectivity index (χ4v) is 2.45. The summed E-state index contributed by atoms with van der Waals surface area (Å²) in [7, 11) is 2.14. The van der Waals surface area contributed by atoms with Crippen LogP contribution < -0.4 is 4.90 Å². The van der Waals surface area contributed by atoms with Gasteiger partial charge in [0.25, 0.3) is 0 Å². The van der Waals surface area contributed by atoms with Gasteiger partial charge in [0.15, 0.2) is 0 Å². The lowest BCUT2D eigenvalue weighted by Crippen LogP contribution is -2.36. The highest BCUT2D eigenvalue weighted by atomic mass is 15.2. The molecule has 1 aromatic rings. The number of anilines is 1. The Morgan fingerprint density at radius 3 is 2.72 bits per heavy atom. The van der Waals surface area contributed by atoms with E-state index in [1.807, 2.05) is 6.07 Å². The minimum absolute atomic E-state index is 0.837. The molecule has 0 saturated carbocycles. The number of likely N-dealkylation sites (tertiary alicyclic amines) is 1. The minimum atomic E-state index is 0.837. The lowest BCUT2D eigenvalue weighted by molar-refractivity contribution is 0.363. The molecule has 2 rings (SSSR count). The fraction of sp³-hybridized carbons (Fsp3) is 0.533. The molecule has 0 unspecified atom stereocenters. The van der Waals surface area contributed by atoms with Crippen LogP contribution in [-0.4, -0.2) is 37.4 Å². The van der Waals surface area contributed by atoms with Crippen LogP contribution in [0.1, 0.15) is 25.7 Å². The molecule has 0 atom stereocenters. The molecule has 1 aliphatic heterocycles. The summed E-state index contributed by atoms with van der Waals surface area (Å²) in [5.41, 5.74) is 1.27. The van der Waals surface area contributed by atoms with Crippen LogP contribution >= 0.6 is 0 Å². The molecule has 1 aromatic carbocycles. The summed E-state index contributed by atoms with van der Waals surface area (Å²) in [6, 6.07) is 10.5. The van der Waals surface area contributed by atoms with Crippen molar-refractivity contribution >= 4 is 11.5 Å². The molecule has 1 fully saturated rings. The largest absolute Gasteiger partial charge is 0.375 e. The Bertz CT molecular complexity index is 375. The second-order valence-electron chi connectivity index (χ2n) is 5.00. The zero-order valence-electron chi connectivity index (χ0n) is 11.2. The van der Waals surface area contributed by atoms with E-state index in [0.717, 1.165) is 38.3 Å². The van der Waals surface area contributed by atoms with Crippen LogP contribution in [0.4, 0.5) is 5.69 Å². The molecule has 0 amide bonds. The average molecular weight is 245 g/mol. The highest BCUT2D eigenvalue weighted by molar-refractivity contribution is 5.79. The van der Waals surface area contributed by atoms with E-state index in [1.165, 1.54) is 18.5 Å². The number of nitrogens with one attached hydrogen (secondary N) is 1. The van der Waals surface area contributed by atoms with Gasteiger partial charge in [-0.25, -0.2) is 0 Å². The monoisotopic (exact) mass is 245 g/mol. The summed E-state index contributed by atoms with van der Waals surface area (Å²) in [5.74, 6) is 0.837. The van der Waals surface area contributed by atoms with Gasteiger partial charge in [-0.2, -0.15) is 0 Å². The zero-order chi connectivity index (χ0) is 12.8. The first kappa shape index (κ1) is 12.9. The molecular formula is C15H23N3. The van der Waals surface area contributed by atoms with Crippen LogP contribution in [-0.2, 0) is 0 Å².